The van der Waals surface area contributed by atoms with E-state index in [4.69, 9.17) is 9.47 Å². The molecular weight excluding hydrogens is 519 g/mol. The van der Waals surface area contributed by atoms with Gasteiger partial charge in [-0.2, -0.15) is 0 Å². The fraction of sp³-hybridized carbons (Fsp3) is 0.500. The molecule has 0 aliphatic carbocycles. The van der Waals surface area contributed by atoms with Crippen LogP contribution in [-0.2, 0) is 17.8 Å². The minimum atomic E-state index is 0. The number of guanidine groups is 1. The second-order valence-electron chi connectivity index (χ2n) is 7.85. The van der Waals surface area contributed by atoms with Gasteiger partial charge in [-0.25, -0.2) is 0 Å². The van der Waals surface area contributed by atoms with Crippen molar-refractivity contribution >= 4 is 29.9 Å². The lowest BCUT2D eigenvalue weighted by Crippen LogP contribution is -2.37. The summed E-state index contributed by atoms with van der Waals surface area (Å²) in [6, 6.07) is 11.5. The van der Waals surface area contributed by atoms with Crippen LogP contribution in [0.3, 0.4) is 0 Å². The highest BCUT2D eigenvalue weighted by atomic mass is 127. The molecule has 1 atom stereocenters. The molecule has 2 heterocycles. The lowest BCUT2D eigenvalue weighted by atomic mass is 10.1. The Hall–Kier alpha value is -2.07. The van der Waals surface area contributed by atoms with Crippen LogP contribution in [0.15, 0.2) is 52.4 Å². The van der Waals surface area contributed by atoms with Crippen LogP contribution in [0.5, 0.6) is 5.75 Å². The number of benzene rings is 1. The summed E-state index contributed by atoms with van der Waals surface area (Å²) in [6.07, 6.45) is 6.07. The van der Waals surface area contributed by atoms with Gasteiger partial charge in [0.05, 0.1) is 6.10 Å². The molecule has 176 valence electrons. The van der Waals surface area contributed by atoms with Gasteiger partial charge < -0.3 is 24.7 Å². The molecule has 0 spiro atoms. The summed E-state index contributed by atoms with van der Waals surface area (Å²) in [7, 11) is 1.77. The van der Waals surface area contributed by atoms with Crippen molar-refractivity contribution in [3.8, 4) is 5.75 Å². The zero-order valence-electron chi connectivity index (χ0n) is 19.0. The number of aromatic nitrogens is 1. The van der Waals surface area contributed by atoms with E-state index in [0.29, 0.717) is 13.2 Å². The Labute approximate surface area is 207 Å². The van der Waals surface area contributed by atoms with Crippen LogP contribution in [0.2, 0.25) is 0 Å². The highest BCUT2D eigenvalue weighted by Crippen LogP contribution is 2.22. The number of pyridine rings is 1. The Bertz CT molecular complexity index is 910. The molecule has 0 amide bonds. The summed E-state index contributed by atoms with van der Waals surface area (Å²) in [5.41, 5.74) is 2.31. The van der Waals surface area contributed by atoms with Crippen LogP contribution >= 0.6 is 24.0 Å². The number of hydrogen-bond acceptors (Lipinski definition) is 4. The third kappa shape index (κ3) is 8.46. The van der Waals surface area contributed by atoms with Gasteiger partial charge in [0.15, 0.2) is 5.96 Å². The van der Waals surface area contributed by atoms with Crippen LogP contribution in [-0.4, -0.2) is 43.4 Å². The Kier molecular flexibility index (Phi) is 11.6. The zero-order chi connectivity index (χ0) is 21.9. The highest BCUT2D eigenvalue weighted by molar-refractivity contribution is 14.0. The van der Waals surface area contributed by atoms with E-state index in [1.807, 2.05) is 12.3 Å². The molecule has 0 bridgehead atoms. The fourth-order valence-electron chi connectivity index (χ4n) is 3.56. The van der Waals surface area contributed by atoms with E-state index >= 15 is 0 Å². The van der Waals surface area contributed by atoms with Crippen LogP contribution in [0.25, 0.3) is 0 Å². The molecular formula is C24H35IN4O3. The monoisotopic (exact) mass is 554 g/mol. The molecule has 7 nitrogen and oxygen atoms in total. The van der Waals surface area contributed by atoms with Crippen LogP contribution in [0.4, 0.5) is 0 Å². The molecule has 2 N–H and O–H groups in total. The quantitative estimate of drug-likeness (QED) is 0.204. The smallest absolute Gasteiger partial charge is 0.250 e. The van der Waals surface area contributed by atoms with Gasteiger partial charge in [0.25, 0.3) is 0 Å². The van der Waals surface area contributed by atoms with Gasteiger partial charge in [0.1, 0.15) is 12.4 Å². The third-order valence-corrected chi connectivity index (χ3v) is 5.36. The first-order valence-corrected chi connectivity index (χ1v) is 11.1. The molecule has 0 radical (unpaired) electrons. The first-order chi connectivity index (χ1) is 15.2. The van der Waals surface area contributed by atoms with Crippen molar-refractivity contribution < 1.29 is 9.47 Å². The van der Waals surface area contributed by atoms with Crippen molar-refractivity contribution in [2.24, 2.45) is 4.99 Å². The van der Waals surface area contributed by atoms with Crippen molar-refractivity contribution in [2.75, 3.05) is 26.8 Å². The second-order valence-corrected chi connectivity index (χ2v) is 7.85. The Balaban J connectivity index is 0.00000363. The molecule has 8 heteroatoms. The molecule has 1 saturated heterocycles. The molecule has 1 aromatic carbocycles. The maximum absolute atomic E-state index is 11.7. The molecule has 1 aliphatic heterocycles. The number of unbranched alkanes of at least 4 members (excludes halogenated alkanes) is 1. The van der Waals surface area contributed by atoms with E-state index in [9.17, 15) is 4.79 Å². The summed E-state index contributed by atoms with van der Waals surface area (Å²) in [6.45, 7) is 5.63. The molecule has 1 aromatic heterocycles. The summed E-state index contributed by atoms with van der Waals surface area (Å²) in [5, 5.41) is 6.70. The van der Waals surface area contributed by atoms with Gasteiger partial charge in [-0.15, -0.1) is 24.0 Å². The molecule has 1 aliphatic rings. The summed E-state index contributed by atoms with van der Waals surface area (Å²) in [5.74, 6) is 1.65. The largest absolute Gasteiger partial charge is 0.491 e. The summed E-state index contributed by atoms with van der Waals surface area (Å²) in [4.78, 5) is 16.0. The molecule has 1 fully saturated rings. The first-order valence-electron chi connectivity index (χ1n) is 11.1. The molecule has 2 aromatic rings. The number of nitrogens with one attached hydrogen (secondary N) is 2. The van der Waals surface area contributed by atoms with E-state index < -0.39 is 0 Å². The number of aryl methyl sites for hydroxylation is 2. The minimum Gasteiger partial charge on any atom is -0.491 e. The zero-order valence-corrected chi connectivity index (χ0v) is 21.3. The second kappa shape index (κ2) is 14.2. The predicted octanol–water partition coefficient (Wildman–Crippen LogP) is 3.48. The third-order valence-electron chi connectivity index (χ3n) is 5.36. The van der Waals surface area contributed by atoms with Gasteiger partial charge in [-0.1, -0.05) is 18.2 Å². The van der Waals surface area contributed by atoms with Crippen molar-refractivity contribution in [1.82, 2.24) is 15.2 Å². The lowest BCUT2D eigenvalue weighted by Gasteiger charge is -2.17. The summed E-state index contributed by atoms with van der Waals surface area (Å²) < 4.78 is 13.5. The number of nitrogens with zero attached hydrogens (tertiary/aromatic N) is 2. The Morgan fingerprint density at radius 1 is 1.25 bits per heavy atom. The van der Waals surface area contributed by atoms with Gasteiger partial charge in [0.2, 0.25) is 5.56 Å². The normalized spacial score (nSPS) is 15.8. The fourth-order valence-corrected chi connectivity index (χ4v) is 3.56. The van der Waals surface area contributed by atoms with E-state index in [2.05, 4.69) is 40.7 Å². The lowest BCUT2D eigenvalue weighted by molar-refractivity contribution is 0.0676. The van der Waals surface area contributed by atoms with Crippen LogP contribution in [0, 0.1) is 6.92 Å². The summed E-state index contributed by atoms with van der Waals surface area (Å²) >= 11 is 0. The molecule has 32 heavy (non-hydrogen) atoms. The average molecular weight is 554 g/mol. The maximum atomic E-state index is 11.7. The minimum absolute atomic E-state index is 0. The van der Waals surface area contributed by atoms with Gasteiger partial charge >= 0.3 is 0 Å². The van der Waals surface area contributed by atoms with Gasteiger partial charge in [0, 0.05) is 51.1 Å². The molecule has 3 rings (SSSR count). The van der Waals surface area contributed by atoms with Crippen molar-refractivity contribution in [3.63, 3.8) is 0 Å². The van der Waals surface area contributed by atoms with Crippen molar-refractivity contribution in [1.29, 1.82) is 0 Å². The van der Waals surface area contributed by atoms with Crippen molar-refractivity contribution in [3.05, 3.63) is 64.1 Å². The van der Waals surface area contributed by atoms with Crippen LogP contribution in [0.1, 0.15) is 36.8 Å². The SMILES string of the molecule is CN=C(NCCCCn1ccccc1=O)NCc1ccc(C)cc1OCC1CCCO1.I. The Morgan fingerprint density at radius 2 is 2.12 bits per heavy atom. The first kappa shape index (κ1) is 26.2. The van der Waals surface area contributed by atoms with E-state index in [0.717, 1.165) is 62.7 Å². The number of halogens is 1. The van der Waals surface area contributed by atoms with Crippen LogP contribution < -0.4 is 20.9 Å². The predicted molar refractivity (Wildman–Crippen MR) is 139 cm³/mol. The number of aliphatic imine (C=N–C) groups is 1. The molecule has 1 unspecified atom stereocenters. The maximum Gasteiger partial charge on any atom is 0.250 e. The van der Waals surface area contributed by atoms with E-state index in [-0.39, 0.29) is 35.6 Å². The van der Waals surface area contributed by atoms with E-state index in [1.165, 1.54) is 5.56 Å². The van der Waals surface area contributed by atoms with E-state index in [1.54, 1.807) is 23.7 Å². The van der Waals surface area contributed by atoms with Gasteiger partial charge in [-0.3, -0.25) is 9.79 Å². The molecule has 0 saturated carbocycles. The number of ether oxygens (including phenoxy) is 2. The average Bonchev–Trinajstić information content (AvgIpc) is 3.30. The highest BCUT2D eigenvalue weighted by Gasteiger charge is 2.17. The number of rotatable bonds is 10. The standard InChI is InChI=1S/C24H34N4O3.HI/c1-19-10-11-20(22(16-19)31-18-21-8-7-15-30-21)17-27-24(25-2)26-12-4-6-14-28-13-5-3-9-23(28)29;/h3,5,9-11,13,16,21H,4,6-8,12,14-15,17-18H2,1-2H3,(H2,25,26,27);1H. The van der Waals surface area contributed by atoms with Gasteiger partial charge in [-0.05, 0) is 50.3 Å². The van der Waals surface area contributed by atoms with Crippen molar-refractivity contribution in [2.45, 2.75) is 51.8 Å². The number of hydrogen-bond donors (Lipinski definition) is 2. The topological polar surface area (TPSA) is 76.9 Å². The Morgan fingerprint density at radius 3 is 2.88 bits per heavy atom.